The minimum absolute atomic E-state index is 0.508. The molecule has 1 N–H and O–H groups in total. The van der Waals surface area contributed by atoms with Crippen molar-refractivity contribution in [3.63, 3.8) is 0 Å². The lowest BCUT2D eigenvalue weighted by Crippen LogP contribution is -2.52. The minimum Gasteiger partial charge on any atom is -0.378 e. The van der Waals surface area contributed by atoms with Gasteiger partial charge in [-0.15, -0.1) is 0 Å². The van der Waals surface area contributed by atoms with Crippen LogP contribution in [0, 0.1) is 0 Å². The van der Waals surface area contributed by atoms with Gasteiger partial charge in [-0.1, -0.05) is 0 Å². The highest BCUT2D eigenvalue weighted by Crippen LogP contribution is 2.26. The summed E-state index contributed by atoms with van der Waals surface area (Å²) in [5.74, 6) is 0. The summed E-state index contributed by atoms with van der Waals surface area (Å²) in [7, 11) is 0. The third-order valence-corrected chi connectivity index (χ3v) is 3.60. The van der Waals surface area contributed by atoms with Crippen molar-refractivity contribution >= 4 is 0 Å². The number of likely N-dealkylation sites (tertiary alicyclic amines) is 1. The van der Waals surface area contributed by atoms with Crippen molar-refractivity contribution in [2.75, 3.05) is 39.4 Å². The number of ether oxygens (including phenoxy) is 2. The zero-order chi connectivity index (χ0) is 10.1. The molecule has 0 aliphatic carbocycles. The van der Waals surface area contributed by atoms with Crippen molar-refractivity contribution in [1.82, 2.24) is 10.2 Å². The van der Waals surface area contributed by atoms with Gasteiger partial charge in [-0.05, 0) is 12.8 Å². The summed E-state index contributed by atoms with van der Waals surface area (Å²) in [6.07, 6.45) is 3.53. The van der Waals surface area contributed by atoms with E-state index in [9.17, 15) is 0 Å². The standard InChI is InChI=1S/C11H20N2O2/c1-2-11-7-13(6-10(1)15-11)5-9-8-14-4-3-12-9/h9-12H,1-8H2. The lowest BCUT2D eigenvalue weighted by molar-refractivity contribution is -0.0462. The predicted molar refractivity (Wildman–Crippen MR) is 56.9 cm³/mol. The van der Waals surface area contributed by atoms with Crippen molar-refractivity contribution in [3.05, 3.63) is 0 Å². The number of hydrogen-bond acceptors (Lipinski definition) is 4. The van der Waals surface area contributed by atoms with Crippen LogP contribution in [0.3, 0.4) is 0 Å². The Labute approximate surface area is 90.9 Å². The number of fused-ring (bicyclic) bond motifs is 2. The summed E-state index contributed by atoms with van der Waals surface area (Å²) >= 11 is 0. The highest BCUT2D eigenvalue weighted by molar-refractivity contribution is 4.87. The largest absolute Gasteiger partial charge is 0.378 e. The molecule has 3 unspecified atom stereocenters. The molecule has 2 bridgehead atoms. The van der Waals surface area contributed by atoms with Gasteiger partial charge in [0.1, 0.15) is 0 Å². The summed E-state index contributed by atoms with van der Waals surface area (Å²) in [6, 6.07) is 0.524. The van der Waals surface area contributed by atoms with Crippen LogP contribution >= 0.6 is 0 Å². The Balaban J connectivity index is 1.50. The first-order valence-electron chi connectivity index (χ1n) is 6.09. The Hall–Kier alpha value is -0.160. The van der Waals surface area contributed by atoms with Crippen LogP contribution < -0.4 is 5.32 Å². The van der Waals surface area contributed by atoms with Gasteiger partial charge in [0, 0.05) is 32.2 Å². The van der Waals surface area contributed by atoms with E-state index in [1.165, 1.54) is 12.8 Å². The Kier molecular flexibility index (Phi) is 2.92. The van der Waals surface area contributed by atoms with Gasteiger partial charge >= 0.3 is 0 Å². The molecular weight excluding hydrogens is 192 g/mol. The third-order valence-electron chi connectivity index (χ3n) is 3.60. The average Bonchev–Trinajstić information content (AvgIpc) is 2.60. The first kappa shape index (κ1) is 10.0. The van der Waals surface area contributed by atoms with E-state index in [1.54, 1.807) is 0 Å². The fraction of sp³-hybridized carbons (Fsp3) is 1.00. The first-order chi connectivity index (χ1) is 7.40. The van der Waals surface area contributed by atoms with Crippen LogP contribution in [-0.2, 0) is 9.47 Å². The van der Waals surface area contributed by atoms with Gasteiger partial charge in [0.15, 0.2) is 0 Å². The van der Waals surface area contributed by atoms with E-state index in [0.29, 0.717) is 18.2 Å². The van der Waals surface area contributed by atoms with Crippen molar-refractivity contribution in [2.24, 2.45) is 0 Å². The zero-order valence-electron chi connectivity index (χ0n) is 9.15. The highest BCUT2D eigenvalue weighted by Gasteiger charge is 2.34. The highest BCUT2D eigenvalue weighted by atomic mass is 16.5. The smallest absolute Gasteiger partial charge is 0.0707 e. The molecule has 3 rings (SSSR count). The van der Waals surface area contributed by atoms with Crippen LogP contribution in [0.4, 0.5) is 0 Å². The van der Waals surface area contributed by atoms with Crippen LogP contribution in [0.1, 0.15) is 12.8 Å². The minimum atomic E-state index is 0.508. The van der Waals surface area contributed by atoms with Gasteiger partial charge < -0.3 is 14.8 Å². The molecule has 3 saturated heterocycles. The molecule has 3 fully saturated rings. The van der Waals surface area contributed by atoms with Crippen LogP contribution in [-0.4, -0.2) is 62.5 Å². The molecule has 15 heavy (non-hydrogen) atoms. The summed E-state index contributed by atoms with van der Waals surface area (Å²) < 4.78 is 11.3. The fourth-order valence-corrected chi connectivity index (χ4v) is 2.90. The molecule has 3 aliphatic rings. The van der Waals surface area contributed by atoms with E-state index < -0.39 is 0 Å². The van der Waals surface area contributed by atoms with Crippen molar-refractivity contribution < 1.29 is 9.47 Å². The lowest BCUT2D eigenvalue weighted by Gasteiger charge is -2.35. The van der Waals surface area contributed by atoms with Gasteiger partial charge in [-0.3, -0.25) is 4.90 Å². The zero-order valence-corrected chi connectivity index (χ0v) is 9.15. The number of nitrogens with one attached hydrogen (secondary N) is 1. The Morgan fingerprint density at radius 2 is 2.00 bits per heavy atom. The maximum atomic E-state index is 5.82. The van der Waals surface area contributed by atoms with E-state index in [0.717, 1.165) is 39.4 Å². The quantitative estimate of drug-likeness (QED) is 0.689. The average molecular weight is 212 g/mol. The summed E-state index contributed by atoms with van der Waals surface area (Å²) in [6.45, 7) is 6.10. The monoisotopic (exact) mass is 212 g/mol. The van der Waals surface area contributed by atoms with Gasteiger partial charge in [0.05, 0.1) is 25.4 Å². The van der Waals surface area contributed by atoms with E-state index in [-0.39, 0.29) is 0 Å². The number of hydrogen-bond donors (Lipinski definition) is 1. The lowest BCUT2D eigenvalue weighted by atomic mass is 10.2. The van der Waals surface area contributed by atoms with E-state index >= 15 is 0 Å². The third kappa shape index (κ3) is 2.33. The SMILES string of the molecule is C1COCC(CN2CC3CCC(C2)O3)N1. The van der Waals surface area contributed by atoms with Crippen LogP contribution in [0.2, 0.25) is 0 Å². The molecule has 0 saturated carbocycles. The summed E-state index contributed by atoms with van der Waals surface area (Å²) in [4.78, 5) is 2.54. The second-order valence-corrected chi connectivity index (χ2v) is 4.90. The molecule has 4 heteroatoms. The van der Waals surface area contributed by atoms with Crippen LogP contribution in [0.25, 0.3) is 0 Å². The molecule has 0 radical (unpaired) electrons. The Morgan fingerprint density at radius 3 is 2.67 bits per heavy atom. The molecule has 4 nitrogen and oxygen atoms in total. The second kappa shape index (κ2) is 4.37. The van der Waals surface area contributed by atoms with Crippen LogP contribution in [0.15, 0.2) is 0 Å². The molecule has 86 valence electrons. The molecule has 0 aromatic rings. The predicted octanol–water partition coefficient (Wildman–Crippen LogP) is -0.162. The van der Waals surface area contributed by atoms with Gasteiger partial charge in [0.25, 0.3) is 0 Å². The number of rotatable bonds is 2. The molecule has 0 aromatic carbocycles. The van der Waals surface area contributed by atoms with E-state index in [2.05, 4.69) is 10.2 Å². The molecule has 0 aromatic heterocycles. The second-order valence-electron chi connectivity index (χ2n) is 4.90. The van der Waals surface area contributed by atoms with Crippen molar-refractivity contribution in [1.29, 1.82) is 0 Å². The van der Waals surface area contributed by atoms with E-state index in [1.807, 2.05) is 0 Å². The molecule has 0 spiro atoms. The maximum absolute atomic E-state index is 5.82. The van der Waals surface area contributed by atoms with Gasteiger partial charge in [0.2, 0.25) is 0 Å². The van der Waals surface area contributed by atoms with E-state index in [4.69, 9.17) is 9.47 Å². The van der Waals surface area contributed by atoms with Gasteiger partial charge in [-0.25, -0.2) is 0 Å². The molecule has 3 heterocycles. The first-order valence-corrected chi connectivity index (χ1v) is 6.09. The summed E-state index contributed by atoms with van der Waals surface area (Å²) in [5, 5.41) is 3.51. The van der Waals surface area contributed by atoms with Crippen molar-refractivity contribution in [3.8, 4) is 0 Å². The van der Waals surface area contributed by atoms with Crippen LogP contribution in [0.5, 0.6) is 0 Å². The maximum Gasteiger partial charge on any atom is 0.0707 e. The molecule has 3 aliphatic heterocycles. The Bertz CT molecular complexity index is 207. The molecular formula is C11H20N2O2. The Morgan fingerprint density at radius 1 is 1.20 bits per heavy atom. The normalized spacial score (nSPS) is 42.0. The topological polar surface area (TPSA) is 33.7 Å². The summed E-state index contributed by atoms with van der Waals surface area (Å²) in [5.41, 5.74) is 0. The molecule has 3 atom stereocenters. The number of nitrogens with zero attached hydrogens (tertiary/aromatic N) is 1. The van der Waals surface area contributed by atoms with Crippen molar-refractivity contribution in [2.45, 2.75) is 31.1 Å². The fourth-order valence-electron chi connectivity index (χ4n) is 2.90. The number of morpholine rings is 2. The van der Waals surface area contributed by atoms with Gasteiger partial charge in [-0.2, -0.15) is 0 Å². The molecule has 0 amide bonds.